The summed E-state index contributed by atoms with van der Waals surface area (Å²) in [6.45, 7) is 6.96. The van der Waals surface area contributed by atoms with Crippen LogP contribution < -0.4 is 0 Å². The van der Waals surface area contributed by atoms with Crippen LogP contribution >= 0.6 is 0 Å². The summed E-state index contributed by atoms with van der Waals surface area (Å²) < 4.78 is 15.5. The number of rotatable bonds is 5. The molecule has 0 aliphatic carbocycles. The van der Waals surface area contributed by atoms with E-state index in [9.17, 15) is 14.0 Å². The summed E-state index contributed by atoms with van der Waals surface area (Å²) >= 11 is 0. The van der Waals surface area contributed by atoms with Crippen LogP contribution in [0.2, 0.25) is 0 Å². The maximum atomic E-state index is 14.0. The maximum absolute atomic E-state index is 14.0. The van der Waals surface area contributed by atoms with Crippen LogP contribution in [-0.2, 0) is 6.54 Å². The molecule has 1 aromatic heterocycles. The summed E-state index contributed by atoms with van der Waals surface area (Å²) in [4.78, 5) is 30.0. The Labute approximate surface area is 152 Å². The summed E-state index contributed by atoms with van der Waals surface area (Å²) in [7, 11) is 0. The third-order valence-corrected chi connectivity index (χ3v) is 5.19. The Balaban J connectivity index is 1.67. The summed E-state index contributed by atoms with van der Waals surface area (Å²) in [5.74, 6) is -0.111. The van der Waals surface area contributed by atoms with Crippen molar-refractivity contribution in [1.82, 2.24) is 29.7 Å². The highest BCUT2D eigenvalue weighted by atomic mass is 19.1. The number of urea groups is 1. The molecule has 2 fully saturated rings. The average Bonchev–Trinajstić information content (AvgIpc) is 3.36. The molecule has 0 spiro atoms. The number of carbonyl (C=O) groups is 2. The van der Waals surface area contributed by atoms with Gasteiger partial charge in [0.15, 0.2) is 5.69 Å². The highest BCUT2D eigenvalue weighted by Gasteiger charge is 2.37. The van der Waals surface area contributed by atoms with Gasteiger partial charge in [-0.1, -0.05) is 5.21 Å². The second-order valence-electron chi connectivity index (χ2n) is 6.92. The molecule has 0 radical (unpaired) electrons. The van der Waals surface area contributed by atoms with Crippen LogP contribution in [0.1, 0.15) is 43.6 Å². The number of hydrogen-bond donors (Lipinski definition) is 0. The SMILES string of the molecule is CCN(CC)C(=O)N1C[C@@H](F)C[C@H]1Cn1cc(C(=O)N2CCCC2)nn1. The van der Waals surface area contributed by atoms with Crippen LogP contribution in [-0.4, -0.2) is 86.6 Å². The van der Waals surface area contributed by atoms with E-state index in [-0.39, 0.29) is 30.9 Å². The van der Waals surface area contributed by atoms with Crippen molar-refractivity contribution >= 4 is 11.9 Å². The van der Waals surface area contributed by atoms with E-state index in [1.165, 1.54) is 0 Å². The molecule has 8 nitrogen and oxygen atoms in total. The molecular formula is C17H27FN6O2. The van der Waals surface area contributed by atoms with Gasteiger partial charge in [-0.25, -0.2) is 13.9 Å². The van der Waals surface area contributed by atoms with E-state index in [1.54, 1.807) is 25.6 Å². The first kappa shape index (κ1) is 18.6. The van der Waals surface area contributed by atoms with Gasteiger partial charge in [0.05, 0.1) is 25.3 Å². The average molecular weight is 366 g/mol. The van der Waals surface area contributed by atoms with Crippen molar-refractivity contribution in [1.29, 1.82) is 0 Å². The molecule has 2 saturated heterocycles. The molecule has 0 N–H and O–H groups in total. The molecule has 3 amide bonds. The number of alkyl halides is 1. The van der Waals surface area contributed by atoms with Gasteiger partial charge < -0.3 is 14.7 Å². The monoisotopic (exact) mass is 366 g/mol. The zero-order valence-electron chi connectivity index (χ0n) is 15.5. The second kappa shape index (κ2) is 8.01. The molecule has 0 aromatic carbocycles. The Hall–Kier alpha value is -2.19. The van der Waals surface area contributed by atoms with E-state index in [0.29, 0.717) is 25.3 Å². The third kappa shape index (κ3) is 3.81. The van der Waals surface area contributed by atoms with Crippen molar-refractivity contribution in [2.24, 2.45) is 0 Å². The van der Waals surface area contributed by atoms with Crippen molar-refractivity contribution in [2.75, 3.05) is 32.7 Å². The Morgan fingerprint density at radius 3 is 2.62 bits per heavy atom. The molecule has 0 saturated carbocycles. The predicted octanol–water partition coefficient (Wildman–Crippen LogP) is 1.39. The Morgan fingerprint density at radius 1 is 1.27 bits per heavy atom. The van der Waals surface area contributed by atoms with E-state index in [2.05, 4.69) is 10.3 Å². The molecule has 0 unspecified atom stereocenters. The van der Waals surface area contributed by atoms with Gasteiger partial charge in [-0.3, -0.25) is 4.79 Å². The van der Waals surface area contributed by atoms with Crippen LogP contribution in [0.3, 0.4) is 0 Å². The smallest absolute Gasteiger partial charge is 0.320 e. The summed E-state index contributed by atoms with van der Waals surface area (Å²) in [5.41, 5.74) is 0.309. The van der Waals surface area contributed by atoms with Crippen LogP contribution in [0.25, 0.3) is 0 Å². The maximum Gasteiger partial charge on any atom is 0.320 e. The van der Waals surface area contributed by atoms with Crippen molar-refractivity contribution in [2.45, 2.75) is 51.9 Å². The van der Waals surface area contributed by atoms with Crippen molar-refractivity contribution in [3.8, 4) is 0 Å². The normalized spacial score (nSPS) is 22.9. The standard InChI is InChI=1S/C17H27FN6O2/c1-3-21(4-2)17(26)24-10-13(18)9-14(24)11-23-12-15(19-20-23)16(25)22-7-5-6-8-22/h12-14H,3-11H2,1-2H3/t13-,14-/m0/s1. The molecule has 1 aromatic rings. The number of halogens is 1. The van der Waals surface area contributed by atoms with Gasteiger partial charge >= 0.3 is 6.03 Å². The fraction of sp³-hybridized carbons (Fsp3) is 0.765. The Kier molecular flexibility index (Phi) is 5.73. The number of carbonyl (C=O) groups excluding carboxylic acids is 2. The molecular weight excluding hydrogens is 339 g/mol. The number of amides is 3. The quantitative estimate of drug-likeness (QED) is 0.789. The molecule has 2 atom stereocenters. The van der Waals surface area contributed by atoms with Crippen molar-refractivity contribution in [3.63, 3.8) is 0 Å². The second-order valence-corrected chi connectivity index (χ2v) is 6.92. The van der Waals surface area contributed by atoms with Gasteiger partial charge in [-0.05, 0) is 26.7 Å². The predicted molar refractivity (Wildman–Crippen MR) is 93.5 cm³/mol. The number of aromatic nitrogens is 3. The Morgan fingerprint density at radius 2 is 1.96 bits per heavy atom. The van der Waals surface area contributed by atoms with E-state index in [4.69, 9.17) is 0 Å². The van der Waals surface area contributed by atoms with Crippen LogP contribution in [0.4, 0.5) is 9.18 Å². The third-order valence-electron chi connectivity index (χ3n) is 5.19. The van der Waals surface area contributed by atoms with Crippen LogP contribution in [0, 0.1) is 0 Å². The van der Waals surface area contributed by atoms with Gasteiger partial charge in [-0.2, -0.15) is 0 Å². The fourth-order valence-electron chi connectivity index (χ4n) is 3.73. The molecule has 3 heterocycles. The lowest BCUT2D eigenvalue weighted by Crippen LogP contribution is -2.46. The minimum Gasteiger partial charge on any atom is -0.337 e. The number of nitrogens with zero attached hydrogens (tertiary/aromatic N) is 6. The van der Waals surface area contributed by atoms with Gasteiger partial charge in [0, 0.05) is 32.6 Å². The van der Waals surface area contributed by atoms with E-state index in [0.717, 1.165) is 25.9 Å². The first-order valence-electron chi connectivity index (χ1n) is 9.42. The highest BCUT2D eigenvalue weighted by Crippen LogP contribution is 2.23. The van der Waals surface area contributed by atoms with Crippen molar-refractivity contribution < 1.29 is 14.0 Å². The van der Waals surface area contributed by atoms with Crippen LogP contribution in [0.15, 0.2) is 6.20 Å². The fourth-order valence-corrected chi connectivity index (χ4v) is 3.73. The van der Waals surface area contributed by atoms with Crippen LogP contribution in [0.5, 0.6) is 0 Å². The summed E-state index contributed by atoms with van der Waals surface area (Å²) in [5, 5.41) is 7.99. The Bertz CT molecular complexity index is 641. The lowest BCUT2D eigenvalue weighted by Gasteiger charge is -2.30. The summed E-state index contributed by atoms with van der Waals surface area (Å²) in [6, 6.07) is -0.428. The number of hydrogen-bond acceptors (Lipinski definition) is 4. The largest absolute Gasteiger partial charge is 0.337 e. The molecule has 3 rings (SSSR count). The van der Waals surface area contributed by atoms with E-state index >= 15 is 0 Å². The lowest BCUT2D eigenvalue weighted by atomic mass is 10.2. The first-order chi connectivity index (χ1) is 12.5. The van der Waals surface area contributed by atoms with E-state index in [1.807, 2.05) is 13.8 Å². The first-order valence-corrected chi connectivity index (χ1v) is 9.42. The van der Waals surface area contributed by atoms with Gasteiger partial charge in [0.1, 0.15) is 6.17 Å². The topological polar surface area (TPSA) is 74.6 Å². The van der Waals surface area contributed by atoms with Crippen molar-refractivity contribution in [3.05, 3.63) is 11.9 Å². The minimum absolute atomic E-state index is 0.105. The zero-order chi connectivity index (χ0) is 18.7. The number of likely N-dealkylation sites (tertiary alicyclic amines) is 2. The van der Waals surface area contributed by atoms with E-state index < -0.39 is 6.17 Å². The molecule has 2 aliphatic heterocycles. The summed E-state index contributed by atoms with van der Waals surface area (Å²) in [6.07, 6.45) is 2.88. The molecule has 9 heteroatoms. The van der Waals surface area contributed by atoms with Gasteiger partial charge in [-0.15, -0.1) is 5.10 Å². The van der Waals surface area contributed by atoms with Gasteiger partial charge in [0.2, 0.25) is 0 Å². The lowest BCUT2D eigenvalue weighted by molar-refractivity contribution is 0.0786. The molecule has 144 valence electrons. The highest BCUT2D eigenvalue weighted by molar-refractivity contribution is 5.92. The molecule has 2 aliphatic rings. The zero-order valence-corrected chi connectivity index (χ0v) is 15.5. The molecule has 0 bridgehead atoms. The van der Waals surface area contributed by atoms with Gasteiger partial charge in [0.25, 0.3) is 5.91 Å². The minimum atomic E-state index is -1.03. The molecule has 26 heavy (non-hydrogen) atoms.